The minimum absolute atomic E-state index is 0.0954. The fraction of sp³-hybridized carbons (Fsp3) is 0.308. The summed E-state index contributed by atoms with van der Waals surface area (Å²) >= 11 is 12.2. The van der Waals surface area contributed by atoms with Crippen LogP contribution in [-0.2, 0) is 9.59 Å². The second-order valence-electron chi connectivity index (χ2n) is 7.71. The van der Waals surface area contributed by atoms with E-state index in [1.807, 2.05) is 50.4 Å². The molecule has 0 spiro atoms. The zero-order valence-corrected chi connectivity index (χ0v) is 25.2. The molecule has 1 aromatic heterocycles. The highest BCUT2D eigenvalue weighted by Crippen LogP contribution is 2.36. The third kappa shape index (κ3) is 8.72. The molecule has 0 aliphatic heterocycles. The van der Waals surface area contributed by atoms with Crippen LogP contribution in [0.4, 0.5) is 0 Å². The van der Waals surface area contributed by atoms with Crippen LogP contribution >= 0.6 is 50.6 Å². The number of aromatic nitrogens is 1. The summed E-state index contributed by atoms with van der Waals surface area (Å²) in [4.78, 5) is 30.9. The van der Waals surface area contributed by atoms with Crippen molar-refractivity contribution in [3.63, 3.8) is 0 Å². The van der Waals surface area contributed by atoms with Crippen LogP contribution in [0.15, 0.2) is 55.7 Å². The maximum absolute atomic E-state index is 12.3. The summed E-state index contributed by atoms with van der Waals surface area (Å²) in [6.07, 6.45) is 1.52. The second kappa shape index (κ2) is 15.1. The smallest absolute Gasteiger partial charge is 0.260 e. The number of nitrogens with zero attached hydrogens (tertiary/aromatic N) is 3. The first-order chi connectivity index (χ1) is 18.3. The first-order valence-electron chi connectivity index (χ1n) is 11.9. The minimum atomic E-state index is -0.256. The van der Waals surface area contributed by atoms with Crippen molar-refractivity contribution < 1.29 is 19.1 Å². The van der Waals surface area contributed by atoms with E-state index in [0.717, 1.165) is 15.6 Å². The Bertz CT molecular complexity index is 1270. The number of thioether (sulfide) groups is 1. The summed E-state index contributed by atoms with van der Waals surface area (Å²) in [6, 6.07) is 11.0. The molecule has 0 unspecified atom stereocenters. The predicted molar refractivity (Wildman–Crippen MR) is 158 cm³/mol. The van der Waals surface area contributed by atoms with Gasteiger partial charge in [0, 0.05) is 29.1 Å². The van der Waals surface area contributed by atoms with Gasteiger partial charge in [-0.15, -0.1) is 11.3 Å². The van der Waals surface area contributed by atoms with Crippen LogP contribution in [-0.4, -0.2) is 60.0 Å². The van der Waals surface area contributed by atoms with Gasteiger partial charge >= 0.3 is 0 Å². The monoisotopic (exact) mass is 638 g/mol. The zero-order valence-electron chi connectivity index (χ0n) is 21.2. The van der Waals surface area contributed by atoms with E-state index >= 15 is 0 Å². The zero-order chi connectivity index (χ0) is 27.5. The van der Waals surface area contributed by atoms with Gasteiger partial charge in [0.2, 0.25) is 0 Å². The first kappa shape index (κ1) is 29.9. The molecule has 0 fully saturated rings. The fourth-order valence-corrected chi connectivity index (χ4v) is 5.61. The standard InChI is InChI=1S/C26H28BrClN4O4S2/c1-4-32(5-2)24(34)14-36-25-20(27)11-17(12-22(25)35-6-3)13-29-31-23(33)16-38-26-30-21(15-37-26)18-7-9-19(28)10-8-18/h7-13,15H,4-6,14,16H2,1-3H3,(H,31,33)/b29-13+. The lowest BCUT2D eigenvalue weighted by Crippen LogP contribution is -2.34. The largest absolute Gasteiger partial charge is 0.490 e. The molecule has 0 saturated heterocycles. The van der Waals surface area contributed by atoms with Crippen molar-refractivity contribution in [2.75, 3.05) is 32.1 Å². The van der Waals surface area contributed by atoms with Crippen molar-refractivity contribution in [2.24, 2.45) is 5.10 Å². The number of carbonyl (C=O) groups is 2. The molecule has 0 atom stereocenters. The minimum Gasteiger partial charge on any atom is -0.490 e. The quantitative estimate of drug-likeness (QED) is 0.138. The second-order valence-corrected chi connectivity index (χ2v) is 11.1. The van der Waals surface area contributed by atoms with E-state index in [-0.39, 0.29) is 24.2 Å². The van der Waals surface area contributed by atoms with Crippen molar-refractivity contribution in [1.29, 1.82) is 0 Å². The Morgan fingerprint density at radius 3 is 2.61 bits per heavy atom. The summed E-state index contributed by atoms with van der Waals surface area (Å²) in [6.45, 7) is 7.26. The summed E-state index contributed by atoms with van der Waals surface area (Å²) in [5.74, 6) is 0.721. The van der Waals surface area contributed by atoms with Crippen molar-refractivity contribution in [2.45, 2.75) is 25.1 Å². The van der Waals surface area contributed by atoms with E-state index in [1.165, 1.54) is 29.3 Å². The van der Waals surface area contributed by atoms with E-state index in [4.69, 9.17) is 21.1 Å². The lowest BCUT2D eigenvalue weighted by Gasteiger charge is -2.20. The van der Waals surface area contributed by atoms with Gasteiger partial charge in [-0.3, -0.25) is 9.59 Å². The van der Waals surface area contributed by atoms with Crippen molar-refractivity contribution in [3.05, 3.63) is 56.8 Å². The normalized spacial score (nSPS) is 11.0. The molecular formula is C26H28BrClN4O4S2. The number of likely N-dealkylation sites (N-methyl/N-ethyl adjacent to an activating group) is 1. The molecule has 12 heteroatoms. The Balaban J connectivity index is 1.55. The van der Waals surface area contributed by atoms with Gasteiger partial charge < -0.3 is 14.4 Å². The molecule has 0 saturated carbocycles. The van der Waals surface area contributed by atoms with Crippen molar-refractivity contribution >= 4 is 68.7 Å². The SMILES string of the molecule is CCOc1cc(/C=N/NC(=O)CSc2nc(-c3ccc(Cl)cc3)cs2)cc(Br)c1OCC(=O)N(CC)CC. The van der Waals surface area contributed by atoms with Crippen LogP contribution in [0, 0.1) is 0 Å². The number of benzene rings is 2. The molecule has 38 heavy (non-hydrogen) atoms. The van der Waals surface area contributed by atoms with Crippen LogP contribution < -0.4 is 14.9 Å². The van der Waals surface area contributed by atoms with Gasteiger partial charge in [0.05, 0.1) is 28.7 Å². The predicted octanol–water partition coefficient (Wildman–Crippen LogP) is 6.11. The van der Waals surface area contributed by atoms with Crippen molar-refractivity contribution in [1.82, 2.24) is 15.3 Å². The molecule has 1 N–H and O–H groups in total. The van der Waals surface area contributed by atoms with Crippen LogP contribution in [0.5, 0.6) is 11.5 Å². The number of amides is 2. The van der Waals surface area contributed by atoms with Gasteiger partial charge in [-0.05, 0) is 66.5 Å². The first-order valence-corrected chi connectivity index (χ1v) is 14.9. The van der Waals surface area contributed by atoms with Gasteiger partial charge in [0.25, 0.3) is 11.8 Å². The molecule has 2 amide bonds. The van der Waals surface area contributed by atoms with E-state index in [2.05, 4.69) is 31.4 Å². The summed E-state index contributed by atoms with van der Waals surface area (Å²) < 4.78 is 12.9. The molecule has 2 aromatic carbocycles. The summed E-state index contributed by atoms with van der Waals surface area (Å²) in [5, 5.41) is 6.68. The van der Waals surface area contributed by atoms with E-state index in [0.29, 0.717) is 46.3 Å². The highest BCUT2D eigenvalue weighted by atomic mass is 79.9. The number of ether oxygens (including phenoxy) is 2. The fourth-order valence-electron chi connectivity index (χ4n) is 3.28. The molecular weight excluding hydrogens is 612 g/mol. The van der Waals surface area contributed by atoms with Gasteiger partial charge in [-0.1, -0.05) is 35.5 Å². The van der Waals surface area contributed by atoms with Gasteiger partial charge in [-0.25, -0.2) is 10.4 Å². The topological polar surface area (TPSA) is 93.1 Å². The average molecular weight is 640 g/mol. The van der Waals surface area contributed by atoms with Gasteiger partial charge in [-0.2, -0.15) is 5.10 Å². The van der Waals surface area contributed by atoms with Crippen LogP contribution in [0.25, 0.3) is 11.3 Å². The lowest BCUT2D eigenvalue weighted by molar-refractivity contribution is -0.133. The number of hydrazone groups is 1. The molecule has 3 rings (SSSR count). The number of rotatable bonds is 13. The highest BCUT2D eigenvalue weighted by molar-refractivity contribution is 9.10. The summed E-state index contributed by atoms with van der Waals surface area (Å²) in [7, 11) is 0. The van der Waals surface area contributed by atoms with Gasteiger partial charge in [0.15, 0.2) is 22.4 Å². The Kier molecular flexibility index (Phi) is 11.9. The van der Waals surface area contributed by atoms with Crippen LogP contribution in [0.2, 0.25) is 5.02 Å². The number of hydrogen-bond donors (Lipinski definition) is 1. The molecule has 3 aromatic rings. The number of hydrogen-bond acceptors (Lipinski definition) is 8. The molecule has 0 radical (unpaired) electrons. The van der Waals surface area contributed by atoms with Gasteiger partial charge in [0.1, 0.15) is 0 Å². The Morgan fingerprint density at radius 2 is 1.92 bits per heavy atom. The molecule has 8 nitrogen and oxygen atoms in total. The Labute approximate surface area is 243 Å². The third-order valence-corrected chi connectivity index (χ3v) is 8.00. The maximum Gasteiger partial charge on any atom is 0.260 e. The Morgan fingerprint density at radius 1 is 1.18 bits per heavy atom. The lowest BCUT2D eigenvalue weighted by atomic mass is 10.2. The van der Waals surface area contributed by atoms with E-state index in [9.17, 15) is 9.59 Å². The van der Waals surface area contributed by atoms with Crippen LogP contribution in [0.3, 0.4) is 0 Å². The molecule has 0 aliphatic rings. The molecule has 0 bridgehead atoms. The molecule has 202 valence electrons. The Hall–Kier alpha value is -2.60. The molecule has 1 heterocycles. The number of halogens is 2. The molecule has 0 aliphatic carbocycles. The maximum atomic E-state index is 12.3. The van der Waals surface area contributed by atoms with E-state index in [1.54, 1.807) is 17.0 Å². The number of thiazole rings is 1. The number of nitrogens with one attached hydrogen (secondary N) is 1. The van der Waals surface area contributed by atoms with Crippen molar-refractivity contribution in [3.8, 4) is 22.8 Å². The number of carbonyl (C=O) groups excluding carboxylic acids is 2. The average Bonchev–Trinajstić information content (AvgIpc) is 3.37. The third-order valence-electron chi connectivity index (χ3n) is 5.14. The summed E-state index contributed by atoms with van der Waals surface area (Å²) in [5.41, 5.74) is 5.02. The van der Waals surface area contributed by atoms with Crippen LogP contribution in [0.1, 0.15) is 26.3 Å². The highest BCUT2D eigenvalue weighted by Gasteiger charge is 2.16. The van der Waals surface area contributed by atoms with E-state index < -0.39 is 0 Å².